The zero-order valence-electron chi connectivity index (χ0n) is 26.1. The van der Waals surface area contributed by atoms with Gasteiger partial charge in [-0.05, 0) is 51.7 Å². The molecule has 0 aliphatic carbocycles. The van der Waals surface area contributed by atoms with E-state index >= 15 is 0 Å². The van der Waals surface area contributed by atoms with Crippen molar-refractivity contribution in [2.24, 2.45) is 11.5 Å². The van der Waals surface area contributed by atoms with Gasteiger partial charge in [-0.1, -0.05) is 12.8 Å². The van der Waals surface area contributed by atoms with E-state index in [0.717, 1.165) is 58.0 Å². The SMILES string of the molecule is COC(C(=O)NCCCCCCNC(=N)N)C(=O)NCCCCNCCCN.O=C(O)C(F)(F)F.O=C(O)C(F)(F)F.O=C(O)C(F)(F)F. The van der Waals surface area contributed by atoms with Crippen molar-refractivity contribution in [2.75, 3.05) is 46.4 Å². The minimum absolute atomic E-state index is 0.0182. The lowest BCUT2D eigenvalue weighted by atomic mass is 10.2. The average molecular weight is 744 g/mol. The number of ether oxygens (including phenoxy) is 1. The van der Waals surface area contributed by atoms with Crippen molar-refractivity contribution in [1.29, 1.82) is 5.41 Å². The van der Waals surface area contributed by atoms with Crippen molar-refractivity contribution in [3.8, 4) is 0 Å². The van der Waals surface area contributed by atoms with E-state index in [1.54, 1.807) is 0 Å². The number of nitrogens with one attached hydrogen (secondary N) is 5. The van der Waals surface area contributed by atoms with Crippen LogP contribution in [-0.2, 0) is 28.7 Å². The van der Waals surface area contributed by atoms with Crippen molar-refractivity contribution in [1.82, 2.24) is 21.3 Å². The number of methoxy groups -OCH3 is 1. The summed E-state index contributed by atoms with van der Waals surface area (Å²) in [5.74, 6) is -9.11. The van der Waals surface area contributed by atoms with Crippen LogP contribution in [0.2, 0.25) is 0 Å². The maximum Gasteiger partial charge on any atom is 0.490 e. The van der Waals surface area contributed by atoms with Gasteiger partial charge in [-0.25, -0.2) is 14.4 Å². The largest absolute Gasteiger partial charge is 0.490 e. The van der Waals surface area contributed by atoms with E-state index in [1.807, 2.05) is 0 Å². The van der Waals surface area contributed by atoms with Crippen LogP contribution in [0.4, 0.5) is 39.5 Å². The number of guanidine groups is 1. The Bertz CT molecular complexity index is 913. The molecule has 25 heteroatoms. The molecule has 0 bridgehead atoms. The fraction of sp³-hybridized carbons (Fsp3) is 0.750. The summed E-state index contributed by atoms with van der Waals surface area (Å²) in [6, 6.07) is 0. The number of carboxylic acid groups (broad SMARTS) is 3. The highest BCUT2D eigenvalue weighted by Crippen LogP contribution is 2.14. The first kappa shape index (κ1) is 51.7. The molecule has 0 fully saturated rings. The van der Waals surface area contributed by atoms with Gasteiger partial charge in [-0.3, -0.25) is 15.0 Å². The van der Waals surface area contributed by atoms with Crippen LogP contribution >= 0.6 is 0 Å². The average Bonchev–Trinajstić information content (AvgIpc) is 2.95. The second kappa shape index (κ2) is 28.8. The predicted octanol–water partition coefficient (Wildman–Crippen LogP) is 0.896. The first-order chi connectivity index (χ1) is 22.4. The molecule has 0 saturated heterocycles. The van der Waals surface area contributed by atoms with Gasteiger partial charge in [0.05, 0.1) is 0 Å². The molecule has 0 aliphatic rings. The Kier molecular flexibility index (Phi) is 30.4. The van der Waals surface area contributed by atoms with Crippen molar-refractivity contribution in [3.63, 3.8) is 0 Å². The number of halogens is 9. The molecule has 0 heterocycles. The number of aliphatic carboxylic acids is 3. The molecule has 12 N–H and O–H groups in total. The number of hydrogen-bond donors (Lipinski definition) is 10. The van der Waals surface area contributed by atoms with E-state index in [2.05, 4.69) is 21.3 Å². The summed E-state index contributed by atoms with van der Waals surface area (Å²) >= 11 is 0. The first-order valence-corrected chi connectivity index (χ1v) is 13.8. The molecular formula is C24H42F9N7O9. The fourth-order valence-electron chi connectivity index (χ4n) is 2.50. The van der Waals surface area contributed by atoms with Crippen LogP contribution in [0.25, 0.3) is 0 Å². The summed E-state index contributed by atoms with van der Waals surface area (Å²) in [7, 11) is 1.35. The number of carbonyl (C=O) groups excluding carboxylic acids is 2. The molecule has 0 saturated carbocycles. The summed E-state index contributed by atoms with van der Waals surface area (Å²) in [5, 5.41) is 39.9. The Hall–Kier alpha value is -4.13. The Labute approximate surface area is 274 Å². The second-order valence-corrected chi connectivity index (χ2v) is 8.96. The van der Waals surface area contributed by atoms with Crippen molar-refractivity contribution in [3.05, 3.63) is 0 Å². The fourth-order valence-corrected chi connectivity index (χ4v) is 2.50. The van der Waals surface area contributed by atoms with Crippen molar-refractivity contribution < 1.29 is 83.5 Å². The molecule has 0 spiro atoms. The van der Waals surface area contributed by atoms with Crippen LogP contribution in [-0.4, -0.2) is 122 Å². The molecular weight excluding hydrogens is 701 g/mol. The van der Waals surface area contributed by atoms with Gasteiger partial charge in [0, 0.05) is 26.7 Å². The maximum atomic E-state index is 12.1. The summed E-state index contributed by atoms with van der Waals surface area (Å²) in [4.78, 5) is 50.9. The second-order valence-electron chi connectivity index (χ2n) is 8.96. The number of hydrogen-bond acceptors (Lipinski definition) is 9. The van der Waals surface area contributed by atoms with Crippen LogP contribution in [0.3, 0.4) is 0 Å². The topological polar surface area (TPSA) is 279 Å². The summed E-state index contributed by atoms with van der Waals surface area (Å²) in [5.41, 5.74) is 10.6. The van der Waals surface area contributed by atoms with Crippen LogP contribution in [0.15, 0.2) is 0 Å². The highest BCUT2D eigenvalue weighted by molar-refractivity contribution is 6.03. The van der Waals surface area contributed by atoms with Crippen LogP contribution in [0, 0.1) is 5.41 Å². The Morgan fingerprint density at radius 3 is 1.18 bits per heavy atom. The predicted molar refractivity (Wildman–Crippen MR) is 152 cm³/mol. The number of nitrogens with two attached hydrogens (primary N) is 2. The zero-order valence-corrected chi connectivity index (χ0v) is 26.1. The third-order valence-electron chi connectivity index (χ3n) is 4.79. The highest BCUT2D eigenvalue weighted by Gasteiger charge is 2.39. The number of carboxylic acids is 3. The first-order valence-electron chi connectivity index (χ1n) is 13.8. The van der Waals surface area contributed by atoms with Gasteiger partial charge >= 0.3 is 36.4 Å². The van der Waals surface area contributed by atoms with E-state index in [4.69, 9.17) is 51.3 Å². The van der Waals surface area contributed by atoms with Gasteiger partial charge in [-0.2, -0.15) is 39.5 Å². The Morgan fingerprint density at radius 1 is 0.612 bits per heavy atom. The van der Waals surface area contributed by atoms with Crippen LogP contribution < -0.4 is 32.7 Å². The van der Waals surface area contributed by atoms with E-state index in [9.17, 15) is 49.1 Å². The smallest absolute Gasteiger partial charge is 0.475 e. The molecule has 2 amide bonds. The number of amides is 2. The molecule has 0 rings (SSSR count). The van der Waals surface area contributed by atoms with Crippen LogP contribution in [0.1, 0.15) is 44.9 Å². The monoisotopic (exact) mass is 743 g/mol. The third-order valence-corrected chi connectivity index (χ3v) is 4.79. The quantitative estimate of drug-likeness (QED) is 0.0308. The summed E-state index contributed by atoms with van der Waals surface area (Å²) in [6.07, 6.45) is -9.98. The van der Waals surface area contributed by atoms with Gasteiger partial charge in [0.1, 0.15) is 0 Å². The van der Waals surface area contributed by atoms with Gasteiger partial charge in [-0.15, -0.1) is 0 Å². The van der Waals surface area contributed by atoms with E-state index in [1.165, 1.54) is 7.11 Å². The highest BCUT2D eigenvalue weighted by atomic mass is 19.4. The number of rotatable bonds is 18. The maximum absolute atomic E-state index is 12.1. The lowest BCUT2D eigenvalue weighted by Gasteiger charge is -2.15. The van der Waals surface area contributed by atoms with E-state index in [-0.39, 0.29) is 5.96 Å². The molecule has 0 aromatic carbocycles. The zero-order chi connectivity index (χ0) is 39.3. The van der Waals surface area contributed by atoms with E-state index in [0.29, 0.717) is 26.2 Å². The Morgan fingerprint density at radius 2 is 0.898 bits per heavy atom. The van der Waals surface area contributed by atoms with Crippen molar-refractivity contribution >= 4 is 35.7 Å². The van der Waals surface area contributed by atoms with Gasteiger partial charge in [0.15, 0.2) is 5.96 Å². The van der Waals surface area contributed by atoms with Gasteiger partial charge in [0.25, 0.3) is 11.8 Å². The number of carbonyl (C=O) groups is 5. The van der Waals surface area contributed by atoms with E-state index < -0.39 is 54.4 Å². The Balaban J connectivity index is -0.000000386. The number of unbranched alkanes of at least 4 members (excludes halogenated alkanes) is 4. The molecule has 1 unspecified atom stereocenters. The molecule has 290 valence electrons. The molecule has 49 heavy (non-hydrogen) atoms. The summed E-state index contributed by atoms with van der Waals surface area (Å²) in [6.45, 7) is 4.16. The van der Waals surface area contributed by atoms with Crippen molar-refractivity contribution in [2.45, 2.75) is 69.6 Å². The minimum atomic E-state index is -5.08. The normalized spacial score (nSPS) is 11.5. The molecule has 0 radical (unpaired) electrons. The lowest BCUT2D eigenvalue weighted by Crippen LogP contribution is -2.47. The number of alkyl halides is 9. The molecule has 0 aromatic rings. The third kappa shape index (κ3) is 38.2. The lowest BCUT2D eigenvalue weighted by molar-refractivity contribution is -0.193. The van der Waals surface area contributed by atoms with Gasteiger partial charge in [0.2, 0.25) is 6.10 Å². The van der Waals surface area contributed by atoms with Crippen LogP contribution in [0.5, 0.6) is 0 Å². The molecule has 1 atom stereocenters. The van der Waals surface area contributed by atoms with Gasteiger partial charge < -0.3 is 52.8 Å². The molecule has 0 aliphatic heterocycles. The minimum Gasteiger partial charge on any atom is -0.475 e. The molecule has 0 aromatic heterocycles. The molecule has 16 nitrogen and oxygen atoms in total. The standard InChI is InChI=1S/C18H39N7O3.3C2HF3O2/c1-28-15(17(27)24-13-7-6-10-22-11-8-9-19)16(26)23-12-4-2-3-5-14-25-18(20)21;3*3-2(4,5)1(6)7/h15,22H,2-14,19H2,1H3,(H,23,26)(H,24,27)(H4,20,21,25);3*(H,6,7). The summed E-state index contributed by atoms with van der Waals surface area (Å²) < 4.78 is 100.